The van der Waals surface area contributed by atoms with E-state index in [1.54, 1.807) is 24.4 Å². The second kappa shape index (κ2) is 7.62. The van der Waals surface area contributed by atoms with Gasteiger partial charge in [0.05, 0.1) is 9.80 Å². The van der Waals surface area contributed by atoms with Gasteiger partial charge in [-0.25, -0.2) is 0 Å². The summed E-state index contributed by atoms with van der Waals surface area (Å²) in [6.45, 7) is 1.58. The number of aryl methyl sites for hydroxylation is 1. The number of nitrogens with zero attached hydrogens (tertiary/aromatic N) is 1. The van der Waals surface area contributed by atoms with Crippen molar-refractivity contribution in [1.29, 1.82) is 0 Å². The van der Waals surface area contributed by atoms with Crippen molar-refractivity contribution in [3.63, 3.8) is 0 Å². The summed E-state index contributed by atoms with van der Waals surface area (Å²) in [5, 5.41) is 14.8. The smallest absolute Gasteiger partial charge is 0.279 e. The molecule has 8 nitrogen and oxygen atoms in total. The van der Waals surface area contributed by atoms with Crippen LogP contribution >= 0.6 is 23.6 Å². The van der Waals surface area contributed by atoms with Gasteiger partial charge in [-0.05, 0) is 36.7 Å². The molecule has 1 aromatic carbocycles. The Bertz CT molecular complexity index is 805. The van der Waals surface area contributed by atoms with E-state index in [0.717, 1.165) is 6.07 Å². The Kier molecular flexibility index (Phi) is 5.55. The van der Waals surface area contributed by atoms with E-state index in [2.05, 4.69) is 16.2 Å². The zero-order chi connectivity index (χ0) is 17.7. The van der Waals surface area contributed by atoms with Crippen LogP contribution in [0.3, 0.4) is 0 Å². The third kappa shape index (κ3) is 4.33. The van der Waals surface area contributed by atoms with Crippen LogP contribution in [0, 0.1) is 17.0 Å². The number of hydrazine groups is 1. The van der Waals surface area contributed by atoms with Crippen molar-refractivity contribution < 1.29 is 14.5 Å². The van der Waals surface area contributed by atoms with Crippen molar-refractivity contribution in [2.24, 2.45) is 0 Å². The zero-order valence-electron chi connectivity index (χ0n) is 12.4. The Hall–Kier alpha value is -2.85. The van der Waals surface area contributed by atoms with Gasteiger partial charge < -0.3 is 0 Å². The molecule has 0 bridgehead atoms. The van der Waals surface area contributed by atoms with Gasteiger partial charge in [-0.15, -0.1) is 11.3 Å². The Balaban J connectivity index is 1.94. The number of nitro benzene ring substituents is 1. The first kappa shape index (κ1) is 17.5. The number of hydrogen-bond acceptors (Lipinski definition) is 6. The summed E-state index contributed by atoms with van der Waals surface area (Å²) < 4.78 is 0. The minimum atomic E-state index is -0.624. The molecule has 1 heterocycles. The molecule has 1 aromatic heterocycles. The molecule has 0 saturated heterocycles. The normalized spacial score (nSPS) is 9.88. The topological polar surface area (TPSA) is 113 Å². The van der Waals surface area contributed by atoms with Crippen molar-refractivity contribution in [3.05, 3.63) is 61.8 Å². The average molecular weight is 364 g/mol. The standard InChI is InChI=1S/C14H12N4O4S2/c1-8-4-5-9(7-10(8)18(21)22)12(19)15-14(23)17-16-13(20)11-3-2-6-24-11/h2-7H,1H3,(H,16,20)(H2,15,17,19,23). The summed E-state index contributed by atoms with van der Waals surface area (Å²) in [6.07, 6.45) is 0. The van der Waals surface area contributed by atoms with Gasteiger partial charge in [-0.1, -0.05) is 12.1 Å². The van der Waals surface area contributed by atoms with E-state index in [1.165, 1.54) is 23.5 Å². The van der Waals surface area contributed by atoms with Crippen LogP contribution in [0.4, 0.5) is 5.69 Å². The quantitative estimate of drug-likeness (QED) is 0.436. The van der Waals surface area contributed by atoms with Gasteiger partial charge in [0.25, 0.3) is 17.5 Å². The molecule has 0 fully saturated rings. The Labute approximate surface area is 146 Å². The molecule has 0 aliphatic heterocycles. The zero-order valence-corrected chi connectivity index (χ0v) is 14.0. The fraction of sp³-hybridized carbons (Fsp3) is 0.0714. The number of hydrogen-bond donors (Lipinski definition) is 3. The lowest BCUT2D eigenvalue weighted by molar-refractivity contribution is -0.385. The van der Waals surface area contributed by atoms with E-state index < -0.39 is 16.7 Å². The van der Waals surface area contributed by atoms with Crippen LogP contribution < -0.4 is 16.2 Å². The van der Waals surface area contributed by atoms with Crippen LogP contribution in [0.2, 0.25) is 0 Å². The molecule has 0 atom stereocenters. The number of thiocarbonyl (C=S) groups is 1. The van der Waals surface area contributed by atoms with Crippen LogP contribution in [0.15, 0.2) is 35.7 Å². The highest BCUT2D eigenvalue weighted by Crippen LogP contribution is 2.19. The first-order valence-corrected chi connectivity index (χ1v) is 7.87. The molecule has 0 aliphatic carbocycles. The molecule has 2 aromatic rings. The fourth-order valence-electron chi connectivity index (χ4n) is 1.74. The van der Waals surface area contributed by atoms with Crippen molar-refractivity contribution >= 4 is 46.2 Å². The molecule has 124 valence electrons. The monoisotopic (exact) mass is 364 g/mol. The molecular weight excluding hydrogens is 352 g/mol. The first-order chi connectivity index (χ1) is 11.4. The van der Waals surface area contributed by atoms with Gasteiger partial charge in [0.2, 0.25) is 0 Å². The third-order valence-electron chi connectivity index (χ3n) is 2.93. The molecular formula is C14H12N4O4S2. The molecule has 0 aliphatic rings. The van der Waals surface area contributed by atoms with E-state index in [1.807, 2.05) is 0 Å². The van der Waals surface area contributed by atoms with Gasteiger partial charge in [0.15, 0.2) is 5.11 Å². The van der Waals surface area contributed by atoms with Crippen LogP contribution in [0.1, 0.15) is 25.6 Å². The van der Waals surface area contributed by atoms with Crippen molar-refractivity contribution in [2.75, 3.05) is 0 Å². The minimum absolute atomic E-state index is 0.0843. The molecule has 3 N–H and O–H groups in total. The van der Waals surface area contributed by atoms with Crippen LogP contribution in [0.25, 0.3) is 0 Å². The summed E-state index contributed by atoms with van der Waals surface area (Å²) in [5.41, 5.74) is 5.10. The lowest BCUT2D eigenvalue weighted by Gasteiger charge is -2.10. The highest BCUT2D eigenvalue weighted by molar-refractivity contribution is 7.80. The SMILES string of the molecule is Cc1ccc(C(=O)NC(=S)NNC(=O)c2cccs2)cc1[N+](=O)[O-]. The van der Waals surface area contributed by atoms with Gasteiger partial charge in [0.1, 0.15) is 0 Å². The first-order valence-electron chi connectivity index (χ1n) is 6.58. The van der Waals surface area contributed by atoms with Crippen molar-refractivity contribution in [1.82, 2.24) is 16.2 Å². The number of thiophene rings is 1. The molecule has 10 heteroatoms. The van der Waals surface area contributed by atoms with Gasteiger partial charge in [0, 0.05) is 17.2 Å². The molecule has 0 saturated carbocycles. The highest BCUT2D eigenvalue weighted by Gasteiger charge is 2.16. The fourth-order valence-corrected chi connectivity index (χ4v) is 2.50. The lowest BCUT2D eigenvalue weighted by Crippen LogP contribution is -2.48. The van der Waals surface area contributed by atoms with E-state index in [0.29, 0.717) is 10.4 Å². The van der Waals surface area contributed by atoms with Crippen LogP contribution in [-0.4, -0.2) is 21.9 Å². The number of carbonyl (C=O) groups is 2. The van der Waals surface area contributed by atoms with E-state index in [-0.39, 0.29) is 16.4 Å². The second-order valence-electron chi connectivity index (χ2n) is 4.60. The molecule has 24 heavy (non-hydrogen) atoms. The molecule has 0 spiro atoms. The van der Waals surface area contributed by atoms with Gasteiger partial charge >= 0.3 is 0 Å². The van der Waals surface area contributed by atoms with E-state index >= 15 is 0 Å². The number of rotatable bonds is 3. The lowest BCUT2D eigenvalue weighted by atomic mass is 10.1. The largest absolute Gasteiger partial charge is 0.298 e. The molecule has 0 unspecified atom stereocenters. The Morgan fingerprint density at radius 2 is 1.96 bits per heavy atom. The molecule has 2 amide bonds. The van der Waals surface area contributed by atoms with Crippen LogP contribution in [-0.2, 0) is 0 Å². The predicted octanol–water partition coefficient (Wildman–Crippen LogP) is 1.91. The van der Waals surface area contributed by atoms with Gasteiger partial charge in [-0.2, -0.15) is 0 Å². The summed E-state index contributed by atoms with van der Waals surface area (Å²) in [7, 11) is 0. The van der Waals surface area contributed by atoms with E-state index in [4.69, 9.17) is 12.2 Å². The third-order valence-corrected chi connectivity index (χ3v) is 4.00. The Morgan fingerprint density at radius 3 is 2.58 bits per heavy atom. The number of amides is 2. The maximum atomic E-state index is 12.0. The summed E-state index contributed by atoms with van der Waals surface area (Å²) in [6, 6.07) is 7.45. The van der Waals surface area contributed by atoms with Crippen LogP contribution in [0.5, 0.6) is 0 Å². The number of nitrogens with one attached hydrogen (secondary N) is 3. The predicted molar refractivity (Wildman–Crippen MR) is 92.8 cm³/mol. The van der Waals surface area contributed by atoms with Crippen molar-refractivity contribution in [2.45, 2.75) is 6.92 Å². The average Bonchev–Trinajstić information content (AvgIpc) is 3.07. The number of nitro groups is 1. The number of benzene rings is 1. The molecule has 0 radical (unpaired) electrons. The maximum absolute atomic E-state index is 12.0. The molecule has 2 rings (SSSR count). The summed E-state index contributed by atoms with van der Waals surface area (Å²) in [5.74, 6) is -1.02. The highest BCUT2D eigenvalue weighted by atomic mass is 32.1. The Morgan fingerprint density at radius 1 is 1.21 bits per heavy atom. The van der Waals surface area contributed by atoms with Gasteiger partial charge in [-0.3, -0.25) is 35.9 Å². The second-order valence-corrected chi connectivity index (χ2v) is 5.95. The van der Waals surface area contributed by atoms with Crippen molar-refractivity contribution in [3.8, 4) is 0 Å². The summed E-state index contributed by atoms with van der Waals surface area (Å²) >= 11 is 6.15. The van der Waals surface area contributed by atoms with E-state index in [9.17, 15) is 19.7 Å². The number of carbonyl (C=O) groups excluding carboxylic acids is 2. The summed E-state index contributed by atoms with van der Waals surface area (Å²) in [4.78, 5) is 34.6. The minimum Gasteiger partial charge on any atom is -0.298 e. The maximum Gasteiger partial charge on any atom is 0.279 e.